The number of hydrazone groups is 1. The molecule has 8 heteroatoms. The predicted molar refractivity (Wildman–Crippen MR) is 111 cm³/mol. The van der Waals surface area contributed by atoms with E-state index < -0.39 is 15.9 Å². The van der Waals surface area contributed by atoms with E-state index in [0.29, 0.717) is 5.76 Å². The summed E-state index contributed by atoms with van der Waals surface area (Å²) in [5.41, 5.74) is 3.52. The van der Waals surface area contributed by atoms with Crippen LogP contribution in [0, 0.1) is 0 Å². The molecule has 3 rings (SSSR count). The molecule has 2 aromatic rings. The Balaban J connectivity index is 1.71. The molecule has 1 aliphatic carbocycles. The van der Waals surface area contributed by atoms with Crippen LogP contribution in [0.15, 0.2) is 63.1 Å². The van der Waals surface area contributed by atoms with Gasteiger partial charge < -0.3 is 4.42 Å². The second-order valence-electron chi connectivity index (χ2n) is 7.15. The highest BCUT2D eigenvalue weighted by Gasteiger charge is 2.27. The Morgan fingerprint density at radius 3 is 2.34 bits per heavy atom. The highest BCUT2D eigenvalue weighted by atomic mass is 32.2. The van der Waals surface area contributed by atoms with Crippen LogP contribution >= 0.6 is 0 Å². The van der Waals surface area contributed by atoms with Gasteiger partial charge >= 0.3 is 0 Å². The van der Waals surface area contributed by atoms with E-state index in [1.165, 1.54) is 37.7 Å². The fraction of sp³-hybridized carbons (Fsp3) is 0.429. The van der Waals surface area contributed by atoms with E-state index in [1.807, 2.05) is 0 Å². The summed E-state index contributed by atoms with van der Waals surface area (Å²) in [6.07, 6.45) is 8.97. The maximum atomic E-state index is 13.1. The molecule has 0 radical (unpaired) electrons. The monoisotopic (exact) mass is 417 g/mol. The molecule has 0 aliphatic heterocycles. The average Bonchev–Trinajstić information content (AvgIpc) is 3.20. The molecule has 0 spiro atoms. The van der Waals surface area contributed by atoms with Gasteiger partial charge in [-0.3, -0.25) is 4.79 Å². The number of carbonyl (C=O) groups excluding carboxylic acids is 1. The summed E-state index contributed by atoms with van der Waals surface area (Å²) in [6, 6.07) is 11.4. The zero-order valence-corrected chi connectivity index (χ0v) is 17.2. The lowest BCUT2D eigenvalue weighted by Crippen LogP contribution is -2.39. The van der Waals surface area contributed by atoms with Gasteiger partial charge in [0.25, 0.3) is 5.91 Å². The Morgan fingerprint density at radius 1 is 1.00 bits per heavy atom. The lowest BCUT2D eigenvalue weighted by Gasteiger charge is -2.20. The van der Waals surface area contributed by atoms with Gasteiger partial charge in [-0.15, -0.1) is 0 Å². The van der Waals surface area contributed by atoms with Crippen LogP contribution in [0.2, 0.25) is 0 Å². The number of hydrogen-bond acceptors (Lipinski definition) is 5. The highest BCUT2D eigenvalue weighted by Crippen LogP contribution is 2.18. The summed E-state index contributed by atoms with van der Waals surface area (Å²) >= 11 is 0. The second kappa shape index (κ2) is 10.4. The van der Waals surface area contributed by atoms with Crippen LogP contribution in [0.1, 0.15) is 50.7 Å². The summed E-state index contributed by atoms with van der Waals surface area (Å²) < 4.78 is 32.5. The molecule has 1 N–H and O–H groups in total. The first-order valence-electron chi connectivity index (χ1n) is 9.97. The zero-order chi connectivity index (χ0) is 20.5. The lowest BCUT2D eigenvalue weighted by atomic mass is 9.99. The molecule has 1 saturated carbocycles. The molecule has 0 unspecified atom stereocenters. The first kappa shape index (κ1) is 21.3. The summed E-state index contributed by atoms with van der Waals surface area (Å²) in [5.74, 6) is -0.00532. The third kappa shape index (κ3) is 6.27. The maximum Gasteiger partial charge on any atom is 0.255 e. The minimum atomic E-state index is -3.86. The number of nitrogens with zero attached hydrogens (tertiary/aromatic N) is 2. The summed E-state index contributed by atoms with van der Waals surface area (Å²) in [7, 11) is -3.86. The van der Waals surface area contributed by atoms with Gasteiger partial charge in [0.2, 0.25) is 10.0 Å². The Bertz CT molecular complexity index is 899. The Kier molecular flexibility index (Phi) is 7.60. The van der Waals surface area contributed by atoms with E-state index in [1.54, 1.807) is 30.3 Å². The summed E-state index contributed by atoms with van der Waals surface area (Å²) in [4.78, 5) is 12.6. The minimum absolute atomic E-state index is 0.0335. The van der Waals surface area contributed by atoms with Gasteiger partial charge in [-0.05, 0) is 49.9 Å². The SMILES string of the molecule is O=C(CN(Cc1ccco1)S(=O)(=O)c1ccccc1)NN=C1CCCCCCC1. The lowest BCUT2D eigenvalue weighted by molar-refractivity contribution is -0.121. The van der Waals surface area contributed by atoms with Crippen molar-refractivity contribution in [1.82, 2.24) is 9.73 Å². The van der Waals surface area contributed by atoms with E-state index in [4.69, 9.17) is 4.42 Å². The Morgan fingerprint density at radius 2 is 1.69 bits per heavy atom. The quantitative estimate of drug-likeness (QED) is 0.696. The van der Waals surface area contributed by atoms with E-state index in [2.05, 4.69) is 10.5 Å². The molecule has 1 aromatic heterocycles. The fourth-order valence-corrected chi connectivity index (χ4v) is 4.69. The number of rotatable bonds is 7. The van der Waals surface area contributed by atoms with Crippen LogP contribution in [0.5, 0.6) is 0 Å². The van der Waals surface area contributed by atoms with Gasteiger partial charge in [-0.1, -0.05) is 37.5 Å². The molecule has 1 heterocycles. The molecule has 0 saturated heterocycles. The van der Waals surface area contributed by atoms with Crippen LogP contribution in [0.25, 0.3) is 0 Å². The molecule has 1 amide bonds. The van der Waals surface area contributed by atoms with Crippen molar-refractivity contribution in [3.05, 3.63) is 54.5 Å². The number of benzene rings is 1. The topological polar surface area (TPSA) is 92.0 Å². The van der Waals surface area contributed by atoms with Crippen LogP contribution < -0.4 is 5.43 Å². The van der Waals surface area contributed by atoms with Crippen molar-refractivity contribution < 1.29 is 17.6 Å². The normalized spacial score (nSPS) is 15.6. The van der Waals surface area contributed by atoms with Crippen molar-refractivity contribution in [3.8, 4) is 0 Å². The molecule has 0 bridgehead atoms. The Labute approximate surface area is 171 Å². The van der Waals surface area contributed by atoms with Gasteiger partial charge in [0.1, 0.15) is 5.76 Å². The van der Waals surface area contributed by atoms with Crippen molar-refractivity contribution >= 4 is 21.6 Å². The number of carbonyl (C=O) groups is 1. The molecule has 1 fully saturated rings. The van der Waals surface area contributed by atoms with Crippen molar-refractivity contribution in [2.24, 2.45) is 5.10 Å². The third-order valence-corrected chi connectivity index (χ3v) is 6.69. The zero-order valence-electron chi connectivity index (χ0n) is 16.4. The smallest absolute Gasteiger partial charge is 0.255 e. The van der Waals surface area contributed by atoms with Crippen molar-refractivity contribution in [1.29, 1.82) is 0 Å². The Hall–Kier alpha value is -2.45. The van der Waals surface area contributed by atoms with Crippen LogP contribution in [-0.2, 0) is 21.4 Å². The molecular weight excluding hydrogens is 390 g/mol. The number of nitrogens with one attached hydrogen (secondary N) is 1. The van der Waals surface area contributed by atoms with Crippen LogP contribution in [0.4, 0.5) is 0 Å². The van der Waals surface area contributed by atoms with Gasteiger partial charge in [0.15, 0.2) is 0 Å². The maximum absolute atomic E-state index is 13.1. The van der Waals surface area contributed by atoms with Gasteiger partial charge in [0.05, 0.1) is 24.2 Å². The minimum Gasteiger partial charge on any atom is -0.468 e. The fourth-order valence-electron chi connectivity index (χ4n) is 3.31. The summed E-state index contributed by atoms with van der Waals surface area (Å²) in [6.45, 7) is -0.372. The summed E-state index contributed by atoms with van der Waals surface area (Å²) in [5, 5.41) is 4.26. The second-order valence-corrected chi connectivity index (χ2v) is 9.08. The largest absolute Gasteiger partial charge is 0.468 e. The highest BCUT2D eigenvalue weighted by molar-refractivity contribution is 7.89. The number of amides is 1. The first-order valence-corrected chi connectivity index (χ1v) is 11.4. The van der Waals surface area contributed by atoms with Crippen LogP contribution in [-0.4, -0.2) is 30.9 Å². The molecule has 1 aromatic carbocycles. The van der Waals surface area contributed by atoms with Gasteiger partial charge in [-0.2, -0.15) is 9.41 Å². The van der Waals surface area contributed by atoms with E-state index in [0.717, 1.165) is 35.7 Å². The third-order valence-electron chi connectivity index (χ3n) is 4.88. The van der Waals surface area contributed by atoms with Gasteiger partial charge in [-0.25, -0.2) is 13.8 Å². The molecule has 156 valence electrons. The molecule has 7 nitrogen and oxygen atoms in total. The van der Waals surface area contributed by atoms with Crippen LogP contribution in [0.3, 0.4) is 0 Å². The average molecular weight is 418 g/mol. The molecule has 29 heavy (non-hydrogen) atoms. The van der Waals surface area contributed by atoms with Gasteiger partial charge in [0, 0.05) is 5.71 Å². The molecule has 0 atom stereocenters. The molecular formula is C21H27N3O4S. The number of furan rings is 1. The van der Waals surface area contributed by atoms with E-state index in [-0.39, 0.29) is 18.0 Å². The van der Waals surface area contributed by atoms with Crippen molar-refractivity contribution in [3.63, 3.8) is 0 Å². The van der Waals surface area contributed by atoms with E-state index in [9.17, 15) is 13.2 Å². The number of sulfonamides is 1. The standard InChI is InChI=1S/C21H27N3O4S/c25-21(23-22-18-10-5-2-1-3-6-11-18)17-24(16-19-12-9-15-28-19)29(26,27)20-13-7-4-8-14-20/h4,7-9,12-15H,1-3,5-6,10-11,16-17H2,(H,23,25). The first-order chi connectivity index (χ1) is 14.1. The molecule has 1 aliphatic rings. The van der Waals surface area contributed by atoms with Crippen molar-refractivity contribution in [2.75, 3.05) is 6.54 Å². The van der Waals surface area contributed by atoms with Crippen molar-refractivity contribution in [2.45, 2.75) is 56.4 Å². The number of hydrogen-bond donors (Lipinski definition) is 1. The predicted octanol–water partition coefficient (Wildman–Crippen LogP) is 3.69. The van der Waals surface area contributed by atoms with E-state index >= 15 is 0 Å².